The van der Waals surface area contributed by atoms with E-state index in [0.717, 1.165) is 24.8 Å². The van der Waals surface area contributed by atoms with Crippen LogP contribution in [0.2, 0.25) is 0 Å². The van der Waals surface area contributed by atoms with Crippen LogP contribution in [0.25, 0.3) is 0 Å². The highest BCUT2D eigenvalue weighted by Gasteiger charge is 2.64. The quantitative estimate of drug-likeness (QED) is 0.691. The molecule has 3 fully saturated rings. The number of aliphatic hydroxyl groups is 1. The van der Waals surface area contributed by atoms with Crippen molar-refractivity contribution in [3.63, 3.8) is 0 Å². The molecule has 4 rings (SSSR count). The van der Waals surface area contributed by atoms with Gasteiger partial charge in [-0.3, -0.25) is 4.79 Å². The summed E-state index contributed by atoms with van der Waals surface area (Å²) < 4.78 is 12.8. The number of ether oxygens (including phenoxy) is 2. The van der Waals surface area contributed by atoms with Gasteiger partial charge in [0.2, 0.25) is 0 Å². The number of rotatable bonds is 2. The molecule has 7 atom stereocenters. The van der Waals surface area contributed by atoms with Gasteiger partial charge in [-0.25, -0.2) is 0 Å². The van der Waals surface area contributed by atoms with Crippen molar-refractivity contribution in [3.8, 4) is 0 Å². The van der Waals surface area contributed by atoms with Crippen molar-refractivity contribution < 1.29 is 24.5 Å². The smallest absolute Gasteiger partial charge is 0.309 e. The van der Waals surface area contributed by atoms with Gasteiger partial charge in [-0.05, 0) is 81.3 Å². The predicted octanol–water partition coefficient (Wildman–Crippen LogP) is 4.14. The van der Waals surface area contributed by atoms with Crippen LogP contribution < -0.4 is 0 Å². The summed E-state index contributed by atoms with van der Waals surface area (Å²) in [5.41, 5.74) is -0.391. The molecule has 1 heterocycles. The highest BCUT2D eigenvalue weighted by Crippen LogP contribution is 2.65. The zero-order valence-electron chi connectivity index (χ0n) is 18.1. The van der Waals surface area contributed by atoms with E-state index in [1.165, 1.54) is 0 Å². The average Bonchev–Trinajstić information content (AvgIpc) is 2.86. The number of aliphatic hydroxyl groups excluding tert-OH is 1. The van der Waals surface area contributed by atoms with Crippen molar-refractivity contribution in [3.05, 3.63) is 11.6 Å². The summed E-state index contributed by atoms with van der Waals surface area (Å²) in [5, 5.41) is 21.2. The first-order valence-corrected chi connectivity index (χ1v) is 10.9. The fraction of sp³-hybridized carbons (Fsp3) is 0.870. The van der Waals surface area contributed by atoms with Crippen LogP contribution in [-0.2, 0) is 14.3 Å². The summed E-state index contributed by atoms with van der Waals surface area (Å²) in [6.45, 7) is 12.4. The minimum atomic E-state index is -0.779. The molecule has 2 saturated carbocycles. The van der Waals surface area contributed by atoms with E-state index in [2.05, 4.69) is 26.8 Å². The standard InChI is InChI=1S/C23H36O5/c1-13(2)23-12-14-15(10-18(23)27-20(3,4)28-23)21(5)8-7-9-22(6,19(25)26)17(21)11-16(14)24/h12-13,15-18,24H,7-11H2,1-6H3,(H,25,26)/t15-,16+,17+,18-,21+,22+,23-/m0/s1. The number of carboxylic acid groups (broad SMARTS) is 1. The van der Waals surface area contributed by atoms with Gasteiger partial charge >= 0.3 is 5.97 Å². The normalized spacial score (nSPS) is 49.8. The zero-order chi connectivity index (χ0) is 20.7. The lowest BCUT2D eigenvalue weighted by atomic mass is 9.44. The third-order valence-corrected chi connectivity index (χ3v) is 8.60. The Hall–Kier alpha value is -0.910. The lowest BCUT2D eigenvalue weighted by Crippen LogP contribution is -2.59. The molecule has 5 heteroatoms. The molecule has 0 unspecified atom stereocenters. The largest absolute Gasteiger partial charge is 0.481 e. The van der Waals surface area contributed by atoms with E-state index in [0.29, 0.717) is 12.8 Å². The maximum absolute atomic E-state index is 12.2. The van der Waals surface area contributed by atoms with Gasteiger partial charge in [-0.2, -0.15) is 0 Å². The van der Waals surface area contributed by atoms with Crippen LogP contribution in [-0.4, -0.2) is 39.8 Å². The van der Waals surface area contributed by atoms with E-state index in [4.69, 9.17) is 9.47 Å². The fourth-order valence-electron chi connectivity index (χ4n) is 7.13. The summed E-state index contributed by atoms with van der Waals surface area (Å²) in [6, 6.07) is 0. The molecule has 2 N–H and O–H groups in total. The highest BCUT2D eigenvalue weighted by atomic mass is 16.8. The van der Waals surface area contributed by atoms with Gasteiger partial charge in [-0.1, -0.05) is 27.2 Å². The minimum Gasteiger partial charge on any atom is -0.481 e. The Labute approximate surface area is 168 Å². The first-order valence-electron chi connectivity index (χ1n) is 10.9. The summed E-state index contributed by atoms with van der Waals surface area (Å²) in [6.07, 6.45) is 5.40. The molecule has 3 aliphatic carbocycles. The van der Waals surface area contributed by atoms with Gasteiger partial charge in [0.05, 0.1) is 17.6 Å². The molecular weight excluding hydrogens is 356 g/mol. The molecular formula is C23H36O5. The SMILES string of the molecule is CC(C)[C@@]12C=C3[C@H](O)C[C@@H]4[C@](C)(CCC[C@@]4(C)C(=O)O)[C@H]3C[C@@H]1OC(C)(C)O2. The molecule has 0 amide bonds. The molecule has 158 valence electrons. The molecule has 0 spiro atoms. The summed E-state index contributed by atoms with van der Waals surface area (Å²) in [5.74, 6) is -1.06. The van der Waals surface area contributed by atoms with E-state index in [9.17, 15) is 15.0 Å². The van der Waals surface area contributed by atoms with Gasteiger partial charge in [0.15, 0.2) is 5.79 Å². The molecule has 28 heavy (non-hydrogen) atoms. The van der Waals surface area contributed by atoms with Crippen LogP contribution in [0.5, 0.6) is 0 Å². The Balaban J connectivity index is 1.80. The number of carbonyl (C=O) groups is 1. The lowest BCUT2D eigenvalue weighted by Gasteiger charge is -2.60. The van der Waals surface area contributed by atoms with E-state index >= 15 is 0 Å². The number of hydrogen-bond donors (Lipinski definition) is 2. The maximum atomic E-state index is 12.2. The fourth-order valence-corrected chi connectivity index (χ4v) is 7.13. The van der Waals surface area contributed by atoms with Crippen LogP contribution in [0.15, 0.2) is 11.6 Å². The molecule has 1 saturated heterocycles. The highest BCUT2D eigenvalue weighted by molar-refractivity contribution is 5.75. The number of carboxylic acids is 1. The number of aliphatic carboxylic acids is 1. The molecule has 0 aromatic carbocycles. The Kier molecular flexibility index (Phi) is 4.40. The van der Waals surface area contributed by atoms with Gasteiger partial charge < -0.3 is 19.7 Å². The van der Waals surface area contributed by atoms with Crippen LogP contribution in [0, 0.1) is 28.6 Å². The average molecular weight is 393 g/mol. The Morgan fingerprint density at radius 2 is 1.86 bits per heavy atom. The third kappa shape index (κ3) is 2.58. The van der Waals surface area contributed by atoms with E-state index in [1.807, 2.05) is 20.8 Å². The number of hydrogen-bond acceptors (Lipinski definition) is 4. The maximum Gasteiger partial charge on any atom is 0.309 e. The summed E-state index contributed by atoms with van der Waals surface area (Å²) in [4.78, 5) is 12.2. The van der Waals surface area contributed by atoms with Gasteiger partial charge in [0.1, 0.15) is 5.60 Å². The predicted molar refractivity (Wildman–Crippen MR) is 106 cm³/mol. The summed E-state index contributed by atoms with van der Waals surface area (Å²) in [7, 11) is 0. The number of fused-ring (bicyclic) bond motifs is 4. The van der Waals surface area contributed by atoms with Crippen molar-refractivity contribution in [1.29, 1.82) is 0 Å². The molecule has 0 bridgehead atoms. The Morgan fingerprint density at radius 3 is 2.46 bits per heavy atom. The first kappa shape index (κ1) is 20.4. The van der Waals surface area contributed by atoms with Crippen molar-refractivity contribution in [1.82, 2.24) is 0 Å². The molecule has 0 aromatic rings. The van der Waals surface area contributed by atoms with Crippen LogP contribution in [0.1, 0.15) is 73.6 Å². The monoisotopic (exact) mass is 392 g/mol. The van der Waals surface area contributed by atoms with Crippen LogP contribution >= 0.6 is 0 Å². The van der Waals surface area contributed by atoms with Crippen molar-refractivity contribution in [2.75, 3.05) is 0 Å². The van der Waals surface area contributed by atoms with Gasteiger partial charge in [0.25, 0.3) is 0 Å². The second-order valence-electron chi connectivity index (χ2n) is 10.9. The first-order chi connectivity index (χ1) is 12.9. The van der Waals surface area contributed by atoms with Crippen LogP contribution in [0.4, 0.5) is 0 Å². The molecule has 1 aliphatic heterocycles. The van der Waals surface area contributed by atoms with Gasteiger partial charge in [-0.15, -0.1) is 0 Å². The minimum absolute atomic E-state index is 0.0368. The van der Waals surface area contributed by atoms with E-state index in [-0.39, 0.29) is 29.3 Å². The Morgan fingerprint density at radius 1 is 1.18 bits per heavy atom. The molecule has 5 nitrogen and oxygen atoms in total. The lowest BCUT2D eigenvalue weighted by molar-refractivity contribution is -0.169. The van der Waals surface area contributed by atoms with Crippen LogP contribution in [0.3, 0.4) is 0 Å². The second-order valence-corrected chi connectivity index (χ2v) is 10.9. The molecule has 0 aromatic heterocycles. The van der Waals surface area contributed by atoms with E-state index < -0.39 is 28.9 Å². The topological polar surface area (TPSA) is 76.0 Å². The zero-order valence-corrected chi connectivity index (χ0v) is 18.1. The third-order valence-electron chi connectivity index (χ3n) is 8.60. The second kappa shape index (κ2) is 6.05. The molecule has 4 aliphatic rings. The van der Waals surface area contributed by atoms with Crippen molar-refractivity contribution >= 4 is 5.97 Å². The van der Waals surface area contributed by atoms with Crippen molar-refractivity contribution in [2.45, 2.75) is 97.2 Å². The van der Waals surface area contributed by atoms with Crippen molar-refractivity contribution in [2.24, 2.45) is 28.6 Å². The van der Waals surface area contributed by atoms with E-state index in [1.54, 1.807) is 0 Å². The Bertz CT molecular complexity index is 712. The molecule has 0 radical (unpaired) electrons. The summed E-state index contributed by atoms with van der Waals surface area (Å²) >= 11 is 0. The van der Waals surface area contributed by atoms with Gasteiger partial charge in [0, 0.05) is 0 Å².